The van der Waals surface area contributed by atoms with E-state index in [1.54, 1.807) is 0 Å². The first-order valence-corrected chi connectivity index (χ1v) is 18.1. The molecule has 0 spiro atoms. The zero-order chi connectivity index (χ0) is 35.1. The molecule has 2 heteroatoms. The van der Waals surface area contributed by atoms with Gasteiger partial charge >= 0.3 is 0 Å². The molecule has 1 aromatic heterocycles. The van der Waals surface area contributed by atoms with Crippen molar-refractivity contribution in [2.24, 2.45) is 0 Å². The molecular weight excluding hydrogens is 641 g/mol. The Hall–Kier alpha value is -7.03. The Morgan fingerprint density at radius 2 is 0.736 bits per heavy atom. The van der Waals surface area contributed by atoms with Gasteiger partial charge in [0.25, 0.3) is 0 Å². The van der Waals surface area contributed by atoms with Crippen LogP contribution in [0.2, 0.25) is 0 Å². The molecule has 0 saturated carbocycles. The molecule has 0 bridgehead atoms. The molecule has 9 aromatic carbocycles. The van der Waals surface area contributed by atoms with Crippen molar-refractivity contribution in [2.75, 3.05) is 0 Å². The van der Waals surface area contributed by atoms with Gasteiger partial charge in [0.05, 0.1) is 11.0 Å². The lowest BCUT2D eigenvalue weighted by atomic mass is 9.85. The molecule has 0 aliphatic rings. The molecule has 0 N–H and O–H groups in total. The molecule has 53 heavy (non-hydrogen) atoms. The predicted octanol–water partition coefficient (Wildman–Crippen LogP) is 13.7. The highest BCUT2D eigenvalue weighted by Crippen LogP contribution is 2.44. The number of rotatable bonds is 6. The summed E-state index contributed by atoms with van der Waals surface area (Å²) in [6.07, 6.45) is 0. The first kappa shape index (κ1) is 30.8. The van der Waals surface area contributed by atoms with Gasteiger partial charge in [0.15, 0.2) is 0 Å². The highest BCUT2D eigenvalue weighted by molar-refractivity contribution is 6.21. The molecule has 0 unspecified atom stereocenters. The SMILES string of the molecule is c1ccc(-c2ccc(-c3nc4ccccc4n3-c3ccc(-c4c5ccccc5c(-c5cccc(-c6ccccc6)c5)c5ccccc45)cc3)cc2)cc1. The molecule has 0 radical (unpaired) electrons. The molecule has 10 aromatic rings. The van der Waals surface area contributed by atoms with E-state index in [4.69, 9.17) is 4.98 Å². The van der Waals surface area contributed by atoms with Crippen LogP contribution in [0, 0.1) is 0 Å². The van der Waals surface area contributed by atoms with E-state index in [0.29, 0.717) is 0 Å². The van der Waals surface area contributed by atoms with Crippen LogP contribution in [0.25, 0.3) is 94.2 Å². The van der Waals surface area contributed by atoms with Gasteiger partial charge in [-0.15, -0.1) is 0 Å². The van der Waals surface area contributed by atoms with Gasteiger partial charge in [-0.1, -0.05) is 176 Å². The van der Waals surface area contributed by atoms with Crippen molar-refractivity contribution in [3.8, 4) is 61.6 Å². The third-order valence-corrected chi connectivity index (χ3v) is 10.4. The largest absolute Gasteiger partial charge is 0.292 e. The minimum Gasteiger partial charge on any atom is -0.292 e. The van der Waals surface area contributed by atoms with Crippen molar-refractivity contribution in [3.05, 3.63) is 206 Å². The Balaban J connectivity index is 1.11. The summed E-state index contributed by atoms with van der Waals surface area (Å²) in [5.74, 6) is 0.927. The van der Waals surface area contributed by atoms with E-state index in [2.05, 4.69) is 211 Å². The van der Waals surface area contributed by atoms with Crippen LogP contribution in [0.5, 0.6) is 0 Å². The third kappa shape index (κ3) is 5.40. The second kappa shape index (κ2) is 12.9. The Kier molecular flexibility index (Phi) is 7.51. The summed E-state index contributed by atoms with van der Waals surface area (Å²) < 4.78 is 2.29. The quantitative estimate of drug-likeness (QED) is 0.161. The molecule has 248 valence electrons. The standard InChI is InChI=1S/C51H34N2/c1-3-14-35(15-4-1)37-26-28-39(29-27-37)51-52-47-24-11-12-25-48(47)53(51)42-32-30-38(31-33-42)49-43-20-7-9-22-45(43)50(46-23-10-8-21-44(46)49)41-19-13-18-40(34-41)36-16-5-2-6-17-36/h1-34H. The first-order valence-electron chi connectivity index (χ1n) is 18.1. The van der Waals surface area contributed by atoms with Gasteiger partial charge in [-0.2, -0.15) is 0 Å². The maximum atomic E-state index is 5.15. The maximum Gasteiger partial charge on any atom is 0.145 e. The first-order chi connectivity index (χ1) is 26.3. The predicted molar refractivity (Wildman–Crippen MR) is 223 cm³/mol. The summed E-state index contributed by atoms with van der Waals surface area (Å²) in [6.45, 7) is 0. The zero-order valence-electron chi connectivity index (χ0n) is 29.0. The summed E-state index contributed by atoms with van der Waals surface area (Å²) in [4.78, 5) is 5.15. The zero-order valence-corrected chi connectivity index (χ0v) is 29.0. The molecule has 0 fully saturated rings. The summed E-state index contributed by atoms with van der Waals surface area (Å²) in [7, 11) is 0. The molecular formula is C51H34N2. The van der Waals surface area contributed by atoms with Gasteiger partial charge in [-0.25, -0.2) is 4.98 Å². The van der Waals surface area contributed by atoms with Gasteiger partial charge in [0.1, 0.15) is 5.82 Å². The topological polar surface area (TPSA) is 17.8 Å². The van der Waals surface area contributed by atoms with Crippen molar-refractivity contribution in [1.29, 1.82) is 0 Å². The van der Waals surface area contributed by atoms with Crippen LogP contribution in [0.1, 0.15) is 0 Å². The average molecular weight is 675 g/mol. The number of hydrogen-bond donors (Lipinski definition) is 0. The molecule has 1 heterocycles. The van der Waals surface area contributed by atoms with Crippen LogP contribution >= 0.6 is 0 Å². The Morgan fingerprint density at radius 1 is 0.302 bits per heavy atom. The summed E-state index contributed by atoms with van der Waals surface area (Å²) in [6, 6.07) is 74.0. The van der Waals surface area contributed by atoms with E-state index >= 15 is 0 Å². The normalized spacial score (nSPS) is 11.4. The number of imidazole rings is 1. The number of fused-ring (bicyclic) bond motifs is 3. The lowest BCUT2D eigenvalue weighted by molar-refractivity contribution is 1.10. The fourth-order valence-corrected chi connectivity index (χ4v) is 7.94. The monoisotopic (exact) mass is 674 g/mol. The fraction of sp³-hybridized carbons (Fsp3) is 0. The van der Waals surface area contributed by atoms with Crippen LogP contribution in [-0.4, -0.2) is 9.55 Å². The molecule has 0 atom stereocenters. The van der Waals surface area contributed by atoms with Crippen LogP contribution in [0.4, 0.5) is 0 Å². The minimum atomic E-state index is 0.927. The van der Waals surface area contributed by atoms with E-state index < -0.39 is 0 Å². The van der Waals surface area contributed by atoms with Gasteiger partial charge in [0, 0.05) is 11.3 Å². The van der Waals surface area contributed by atoms with Crippen molar-refractivity contribution < 1.29 is 0 Å². The number of hydrogen-bond acceptors (Lipinski definition) is 1. The van der Waals surface area contributed by atoms with Crippen molar-refractivity contribution in [2.45, 2.75) is 0 Å². The fourth-order valence-electron chi connectivity index (χ4n) is 7.94. The Morgan fingerprint density at radius 3 is 1.36 bits per heavy atom. The van der Waals surface area contributed by atoms with Gasteiger partial charge < -0.3 is 0 Å². The van der Waals surface area contributed by atoms with Gasteiger partial charge in [-0.05, 0) is 96.4 Å². The third-order valence-electron chi connectivity index (χ3n) is 10.4. The Labute approximate surface area is 308 Å². The number of aromatic nitrogens is 2. The van der Waals surface area contributed by atoms with Gasteiger partial charge in [-0.3, -0.25) is 4.57 Å². The molecule has 2 nitrogen and oxygen atoms in total. The molecule has 0 amide bonds. The second-order valence-corrected chi connectivity index (χ2v) is 13.5. The van der Waals surface area contributed by atoms with Crippen molar-refractivity contribution in [1.82, 2.24) is 9.55 Å². The van der Waals surface area contributed by atoms with Crippen LogP contribution in [0.15, 0.2) is 206 Å². The molecule has 0 aliphatic carbocycles. The maximum absolute atomic E-state index is 5.15. The van der Waals surface area contributed by atoms with Crippen molar-refractivity contribution >= 4 is 32.6 Å². The number of para-hydroxylation sites is 2. The Bertz CT molecular complexity index is 2850. The number of benzene rings is 9. The van der Waals surface area contributed by atoms with E-state index in [1.807, 2.05) is 0 Å². The lowest BCUT2D eigenvalue weighted by Gasteiger charge is -2.18. The van der Waals surface area contributed by atoms with Crippen LogP contribution < -0.4 is 0 Å². The van der Waals surface area contributed by atoms with Crippen molar-refractivity contribution in [3.63, 3.8) is 0 Å². The van der Waals surface area contributed by atoms with Crippen LogP contribution in [0.3, 0.4) is 0 Å². The average Bonchev–Trinajstić information content (AvgIpc) is 3.63. The summed E-state index contributed by atoms with van der Waals surface area (Å²) >= 11 is 0. The molecule has 10 rings (SSSR count). The molecule has 0 saturated heterocycles. The van der Waals surface area contributed by atoms with E-state index in [-0.39, 0.29) is 0 Å². The van der Waals surface area contributed by atoms with Crippen LogP contribution in [-0.2, 0) is 0 Å². The minimum absolute atomic E-state index is 0.927. The number of nitrogens with zero attached hydrogens (tertiary/aromatic N) is 2. The smallest absolute Gasteiger partial charge is 0.145 e. The van der Waals surface area contributed by atoms with E-state index in [1.165, 1.54) is 66.1 Å². The lowest BCUT2D eigenvalue weighted by Crippen LogP contribution is -1.98. The summed E-state index contributed by atoms with van der Waals surface area (Å²) in [5, 5.41) is 4.98. The van der Waals surface area contributed by atoms with E-state index in [0.717, 1.165) is 28.1 Å². The van der Waals surface area contributed by atoms with E-state index in [9.17, 15) is 0 Å². The van der Waals surface area contributed by atoms with Gasteiger partial charge in [0.2, 0.25) is 0 Å². The summed E-state index contributed by atoms with van der Waals surface area (Å²) in [5.41, 5.74) is 14.0. The highest BCUT2D eigenvalue weighted by Gasteiger charge is 2.18. The second-order valence-electron chi connectivity index (χ2n) is 13.5. The highest BCUT2D eigenvalue weighted by atomic mass is 15.1. The molecule has 0 aliphatic heterocycles.